The summed E-state index contributed by atoms with van der Waals surface area (Å²) >= 11 is 0. The lowest BCUT2D eigenvalue weighted by Crippen LogP contribution is -2.42. The topological polar surface area (TPSA) is 32.3 Å². The van der Waals surface area contributed by atoms with E-state index in [4.69, 9.17) is 0 Å². The molecule has 1 aliphatic rings. The van der Waals surface area contributed by atoms with Gasteiger partial charge in [-0.2, -0.15) is 13.2 Å². The molecule has 1 saturated heterocycles. The average molecular weight is 304 g/mol. The number of nitrogens with zero attached hydrogens (tertiary/aromatic N) is 1. The van der Waals surface area contributed by atoms with Gasteiger partial charge in [-0.05, 0) is 50.2 Å². The second kappa shape index (κ2) is 6.43. The van der Waals surface area contributed by atoms with Crippen LogP contribution < -0.4 is 5.32 Å². The summed E-state index contributed by atoms with van der Waals surface area (Å²) < 4.78 is 50.3. The molecule has 1 amide bonds. The molecular formula is C14H16F4N2O. The van der Waals surface area contributed by atoms with E-state index in [1.165, 1.54) is 24.3 Å². The average Bonchev–Trinajstić information content (AvgIpc) is 2.41. The van der Waals surface area contributed by atoms with Crippen LogP contribution in [-0.4, -0.2) is 36.6 Å². The highest BCUT2D eigenvalue weighted by molar-refractivity contribution is 5.92. The molecule has 0 aromatic heterocycles. The predicted octanol–water partition coefficient (Wildman–Crippen LogP) is 3.04. The third-order valence-corrected chi connectivity index (χ3v) is 3.55. The van der Waals surface area contributed by atoms with Crippen molar-refractivity contribution >= 4 is 11.6 Å². The van der Waals surface area contributed by atoms with Crippen molar-refractivity contribution in [2.45, 2.75) is 19.0 Å². The Hall–Kier alpha value is -1.63. The zero-order chi connectivity index (χ0) is 15.5. The van der Waals surface area contributed by atoms with Crippen LogP contribution >= 0.6 is 0 Å². The normalized spacial score (nSPS) is 17.7. The van der Waals surface area contributed by atoms with Crippen LogP contribution in [0, 0.1) is 11.7 Å². The summed E-state index contributed by atoms with van der Waals surface area (Å²) in [5.41, 5.74) is 0.464. The second-order valence-electron chi connectivity index (χ2n) is 5.15. The molecular weight excluding hydrogens is 288 g/mol. The standard InChI is InChI=1S/C14H16F4N2O/c15-11-1-3-12(4-2-11)19-13(21)9-20-7-5-10(6-8-20)14(16,17)18/h1-4,10H,5-9H2,(H,19,21). The van der Waals surface area contributed by atoms with Crippen molar-refractivity contribution in [2.24, 2.45) is 5.92 Å². The molecule has 2 rings (SSSR count). The SMILES string of the molecule is O=C(CN1CCC(C(F)(F)F)CC1)Nc1ccc(F)cc1. The number of benzene rings is 1. The van der Waals surface area contributed by atoms with E-state index in [-0.39, 0.29) is 38.4 Å². The quantitative estimate of drug-likeness (QED) is 0.871. The minimum atomic E-state index is -4.15. The molecule has 1 N–H and O–H groups in total. The minimum Gasteiger partial charge on any atom is -0.325 e. The summed E-state index contributed by atoms with van der Waals surface area (Å²) in [5.74, 6) is -1.98. The maximum atomic E-state index is 12.7. The number of piperidine rings is 1. The second-order valence-corrected chi connectivity index (χ2v) is 5.15. The van der Waals surface area contributed by atoms with Gasteiger partial charge in [0, 0.05) is 5.69 Å². The van der Waals surface area contributed by atoms with Crippen molar-refractivity contribution in [1.29, 1.82) is 0 Å². The van der Waals surface area contributed by atoms with Crippen LogP contribution in [-0.2, 0) is 4.79 Å². The number of amides is 1. The molecule has 3 nitrogen and oxygen atoms in total. The Morgan fingerprint density at radius 2 is 1.76 bits per heavy atom. The van der Waals surface area contributed by atoms with Gasteiger partial charge in [0.15, 0.2) is 0 Å². The molecule has 0 aliphatic carbocycles. The fourth-order valence-electron chi connectivity index (χ4n) is 2.36. The number of nitrogens with one attached hydrogen (secondary N) is 1. The van der Waals surface area contributed by atoms with E-state index in [1.807, 2.05) is 0 Å². The van der Waals surface area contributed by atoms with Crippen molar-refractivity contribution in [3.05, 3.63) is 30.1 Å². The smallest absolute Gasteiger partial charge is 0.325 e. The lowest BCUT2D eigenvalue weighted by atomic mass is 9.96. The minimum absolute atomic E-state index is 0.0212. The van der Waals surface area contributed by atoms with Crippen molar-refractivity contribution in [2.75, 3.05) is 25.0 Å². The van der Waals surface area contributed by atoms with Crippen LogP contribution in [0.25, 0.3) is 0 Å². The van der Waals surface area contributed by atoms with Gasteiger partial charge in [-0.15, -0.1) is 0 Å². The molecule has 21 heavy (non-hydrogen) atoms. The fourth-order valence-corrected chi connectivity index (χ4v) is 2.36. The number of carbonyl (C=O) groups is 1. The van der Waals surface area contributed by atoms with Gasteiger partial charge < -0.3 is 5.32 Å². The molecule has 1 heterocycles. The molecule has 0 spiro atoms. The molecule has 1 fully saturated rings. The molecule has 0 bridgehead atoms. The Morgan fingerprint density at radius 1 is 1.19 bits per heavy atom. The van der Waals surface area contributed by atoms with Gasteiger partial charge in [0.1, 0.15) is 5.82 Å². The Labute approximate surface area is 119 Å². The molecule has 7 heteroatoms. The van der Waals surface area contributed by atoms with Gasteiger partial charge >= 0.3 is 6.18 Å². The van der Waals surface area contributed by atoms with E-state index in [9.17, 15) is 22.4 Å². The van der Waals surface area contributed by atoms with Crippen LogP contribution in [0.15, 0.2) is 24.3 Å². The number of anilines is 1. The third kappa shape index (κ3) is 4.70. The summed E-state index contributed by atoms with van der Waals surface area (Å²) in [6, 6.07) is 5.32. The van der Waals surface area contributed by atoms with E-state index >= 15 is 0 Å². The van der Waals surface area contributed by atoms with E-state index in [0.717, 1.165) is 0 Å². The summed E-state index contributed by atoms with van der Waals surface area (Å²) in [5, 5.41) is 2.59. The van der Waals surface area contributed by atoms with Crippen LogP contribution in [0.3, 0.4) is 0 Å². The lowest BCUT2D eigenvalue weighted by Gasteiger charge is -2.32. The van der Waals surface area contributed by atoms with Crippen LogP contribution in [0.4, 0.5) is 23.2 Å². The molecule has 1 aliphatic heterocycles. The maximum absolute atomic E-state index is 12.7. The van der Waals surface area contributed by atoms with Gasteiger partial charge in [-0.1, -0.05) is 0 Å². The third-order valence-electron chi connectivity index (χ3n) is 3.55. The zero-order valence-electron chi connectivity index (χ0n) is 11.3. The number of halogens is 4. The fraction of sp³-hybridized carbons (Fsp3) is 0.500. The molecule has 0 radical (unpaired) electrons. The lowest BCUT2D eigenvalue weighted by molar-refractivity contribution is -0.184. The van der Waals surface area contributed by atoms with Crippen molar-refractivity contribution in [3.63, 3.8) is 0 Å². The highest BCUT2D eigenvalue weighted by Crippen LogP contribution is 2.33. The van der Waals surface area contributed by atoms with E-state index < -0.39 is 17.9 Å². The van der Waals surface area contributed by atoms with E-state index in [1.54, 1.807) is 4.90 Å². The predicted molar refractivity (Wildman–Crippen MR) is 70.2 cm³/mol. The first-order chi connectivity index (χ1) is 9.84. The van der Waals surface area contributed by atoms with Gasteiger partial charge in [0.25, 0.3) is 0 Å². The van der Waals surface area contributed by atoms with Crippen LogP contribution in [0.1, 0.15) is 12.8 Å². The summed E-state index contributed by atoms with van der Waals surface area (Å²) in [7, 11) is 0. The van der Waals surface area contributed by atoms with E-state index in [2.05, 4.69) is 5.32 Å². The first kappa shape index (κ1) is 15.8. The van der Waals surface area contributed by atoms with Crippen LogP contribution in [0.5, 0.6) is 0 Å². The Kier molecular flexibility index (Phi) is 4.82. The first-order valence-corrected chi connectivity index (χ1v) is 6.69. The number of hydrogen-bond donors (Lipinski definition) is 1. The number of likely N-dealkylation sites (tertiary alicyclic amines) is 1. The van der Waals surface area contributed by atoms with Crippen molar-refractivity contribution in [3.8, 4) is 0 Å². The summed E-state index contributed by atoms with van der Waals surface area (Å²) in [6.45, 7) is 0.546. The molecule has 1 aromatic rings. The zero-order valence-corrected chi connectivity index (χ0v) is 11.3. The largest absolute Gasteiger partial charge is 0.391 e. The maximum Gasteiger partial charge on any atom is 0.391 e. The summed E-state index contributed by atoms with van der Waals surface area (Å²) in [6.07, 6.45) is -4.11. The molecule has 0 saturated carbocycles. The van der Waals surface area contributed by atoms with Gasteiger partial charge in [0.2, 0.25) is 5.91 Å². The van der Waals surface area contributed by atoms with Gasteiger partial charge in [-0.3, -0.25) is 9.69 Å². The molecule has 116 valence electrons. The van der Waals surface area contributed by atoms with Crippen molar-refractivity contribution in [1.82, 2.24) is 4.90 Å². The first-order valence-electron chi connectivity index (χ1n) is 6.69. The number of rotatable bonds is 3. The molecule has 1 aromatic carbocycles. The molecule has 0 atom stereocenters. The van der Waals surface area contributed by atoms with Gasteiger partial charge in [-0.25, -0.2) is 4.39 Å². The monoisotopic (exact) mass is 304 g/mol. The highest BCUT2D eigenvalue weighted by atomic mass is 19.4. The Morgan fingerprint density at radius 3 is 2.29 bits per heavy atom. The number of carbonyl (C=O) groups excluding carboxylic acids is 1. The van der Waals surface area contributed by atoms with Gasteiger partial charge in [0.05, 0.1) is 12.5 Å². The highest BCUT2D eigenvalue weighted by Gasteiger charge is 2.41. The Bertz CT molecular complexity index is 479. The summed E-state index contributed by atoms with van der Waals surface area (Å²) in [4.78, 5) is 13.5. The van der Waals surface area contributed by atoms with E-state index in [0.29, 0.717) is 5.69 Å². The number of hydrogen-bond acceptors (Lipinski definition) is 2. The van der Waals surface area contributed by atoms with Crippen molar-refractivity contribution < 1.29 is 22.4 Å². The Balaban J connectivity index is 1.78. The van der Waals surface area contributed by atoms with Crippen LogP contribution in [0.2, 0.25) is 0 Å². The number of alkyl halides is 3. The molecule has 0 unspecified atom stereocenters.